The largest absolute Gasteiger partial charge is 0.434 e. The molecule has 1 aliphatic rings. The number of amides is 1. The first-order valence-electron chi connectivity index (χ1n) is 8.42. The molecule has 0 unspecified atom stereocenters. The SMILES string of the molecule is CCNC(=NCc1cc(Br)ccc1OC(F)F)N1CCN(C(C)=O)CC1. The van der Waals surface area contributed by atoms with E-state index in [4.69, 9.17) is 0 Å². The van der Waals surface area contributed by atoms with Gasteiger partial charge in [-0.2, -0.15) is 8.78 Å². The first-order valence-corrected chi connectivity index (χ1v) is 9.22. The van der Waals surface area contributed by atoms with Crippen molar-refractivity contribution >= 4 is 27.8 Å². The molecule has 0 aromatic heterocycles. The van der Waals surface area contributed by atoms with E-state index in [1.807, 2.05) is 6.92 Å². The van der Waals surface area contributed by atoms with Gasteiger partial charge < -0.3 is 19.9 Å². The third-order valence-corrected chi connectivity index (χ3v) is 4.49. The molecule has 1 aromatic rings. The molecule has 1 saturated heterocycles. The summed E-state index contributed by atoms with van der Waals surface area (Å²) in [5.41, 5.74) is 0.567. The van der Waals surface area contributed by atoms with Crippen molar-refractivity contribution in [2.24, 2.45) is 4.99 Å². The lowest BCUT2D eigenvalue weighted by atomic mass is 10.2. The Balaban J connectivity index is 2.12. The number of nitrogens with zero attached hydrogens (tertiary/aromatic N) is 3. The molecule has 0 atom stereocenters. The van der Waals surface area contributed by atoms with Crippen molar-refractivity contribution in [2.75, 3.05) is 32.7 Å². The zero-order valence-corrected chi connectivity index (χ0v) is 16.4. The number of alkyl halides is 2. The number of guanidine groups is 1. The molecule has 0 saturated carbocycles. The van der Waals surface area contributed by atoms with Gasteiger partial charge in [-0.05, 0) is 25.1 Å². The smallest absolute Gasteiger partial charge is 0.387 e. The van der Waals surface area contributed by atoms with Crippen LogP contribution < -0.4 is 10.1 Å². The average Bonchev–Trinajstić information content (AvgIpc) is 2.60. The maximum absolute atomic E-state index is 12.6. The van der Waals surface area contributed by atoms with Crippen LogP contribution in [0.2, 0.25) is 0 Å². The minimum absolute atomic E-state index is 0.0644. The van der Waals surface area contributed by atoms with Gasteiger partial charge >= 0.3 is 6.61 Å². The highest BCUT2D eigenvalue weighted by molar-refractivity contribution is 9.10. The number of rotatable bonds is 5. The summed E-state index contributed by atoms with van der Waals surface area (Å²) in [6, 6.07) is 4.87. The summed E-state index contributed by atoms with van der Waals surface area (Å²) in [6.07, 6.45) is 0. The van der Waals surface area contributed by atoms with Crippen LogP contribution in [0.25, 0.3) is 0 Å². The molecule has 0 radical (unpaired) electrons. The van der Waals surface area contributed by atoms with E-state index in [0.29, 0.717) is 44.2 Å². The van der Waals surface area contributed by atoms with Crippen molar-refractivity contribution in [3.63, 3.8) is 0 Å². The quantitative estimate of drug-likeness (QED) is 0.573. The van der Waals surface area contributed by atoms with Gasteiger partial charge in [0.25, 0.3) is 0 Å². The van der Waals surface area contributed by atoms with Gasteiger partial charge in [-0.25, -0.2) is 4.99 Å². The van der Waals surface area contributed by atoms with Crippen LogP contribution >= 0.6 is 15.9 Å². The number of hydrogen-bond acceptors (Lipinski definition) is 3. The highest BCUT2D eigenvalue weighted by Crippen LogP contribution is 2.25. The van der Waals surface area contributed by atoms with E-state index >= 15 is 0 Å². The van der Waals surface area contributed by atoms with Gasteiger partial charge in [-0.15, -0.1) is 0 Å². The van der Waals surface area contributed by atoms with Crippen molar-refractivity contribution < 1.29 is 18.3 Å². The Labute approximate surface area is 160 Å². The molecule has 1 heterocycles. The second-order valence-corrected chi connectivity index (χ2v) is 6.71. The number of piperazine rings is 1. The van der Waals surface area contributed by atoms with E-state index in [2.05, 4.69) is 35.9 Å². The minimum Gasteiger partial charge on any atom is -0.434 e. The van der Waals surface area contributed by atoms with Crippen molar-refractivity contribution in [3.8, 4) is 5.75 Å². The Morgan fingerprint density at radius 2 is 1.96 bits per heavy atom. The number of halogens is 3. The Hall–Kier alpha value is -1.90. The zero-order valence-electron chi connectivity index (χ0n) is 14.8. The van der Waals surface area contributed by atoms with Crippen LogP contribution in [-0.4, -0.2) is 61.0 Å². The van der Waals surface area contributed by atoms with E-state index in [9.17, 15) is 13.6 Å². The number of aliphatic imine (C=N–C) groups is 1. The molecule has 1 fully saturated rings. The zero-order chi connectivity index (χ0) is 19.1. The number of ether oxygens (including phenoxy) is 1. The summed E-state index contributed by atoms with van der Waals surface area (Å²) >= 11 is 3.34. The van der Waals surface area contributed by atoms with Crippen LogP contribution in [0, 0.1) is 0 Å². The summed E-state index contributed by atoms with van der Waals surface area (Å²) in [5, 5.41) is 3.21. The normalized spacial score (nSPS) is 15.4. The number of hydrogen-bond donors (Lipinski definition) is 1. The molecular formula is C17H23BrF2N4O2. The van der Waals surface area contributed by atoms with Crippen molar-refractivity contribution in [2.45, 2.75) is 27.0 Å². The number of benzene rings is 1. The molecule has 2 rings (SSSR count). The standard InChI is InChI=1S/C17H23BrF2N4O2/c1-3-21-17(24-8-6-23(7-9-24)12(2)25)22-11-13-10-14(18)4-5-15(13)26-16(19)20/h4-5,10,16H,3,6-9,11H2,1-2H3,(H,21,22). The second kappa shape index (κ2) is 9.70. The molecule has 9 heteroatoms. The molecule has 1 aliphatic heterocycles. The van der Waals surface area contributed by atoms with E-state index < -0.39 is 6.61 Å². The topological polar surface area (TPSA) is 57.2 Å². The summed E-state index contributed by atoms with van der Waals surface area (Å²) in [6.45, 7) is 4.15. The molecule has 26 heavy (non-hydrogen) atoms. The monoisotopic (exact) mass is 432 g/mol. The van der Waals surface area contributed by atoms with Crippen LogP contribution in [0.15, 0.2) is 27.7 Å². The predicted molar refractivity (Wildman–Crippen MR) is 99.4 cm³/mol. The van der Waals surface area contributed by atoms with E-state index in [1.54, 1.807) is 24.0 Å². The van der Waals surface area contributed by atoms with Crippen LogP contribution in [-0.2, 0) is 11.3 Å². The lowest BCUT2D eigenvalue weighted by Crippen LogP contribution is -2.53. The predicted octanol–water partition coefficient (Wildman–Crippen LogP) is 2.68. The Morgan fingerprint density at radius 3 is 2.54 bits per heavy atom. The number of nitrogens with one attached hydrogen (secondary N) is 1. The van der Waals surface area contributed by atoms with Crippen LogP contribution in [0.4, 0.5) is 8.78 Å². The third kappa shape index (κ3) is 5.82. The molecule has 1 N–H and O–H groups in total. The lowest BCUT2D eigenvalue weighted by Gasteiger charge is -2.36. The summed E-state index contributed by atoms with van der Waals surface area (Å²) in [5.74, 6) is 0.873. The van der Waals surface area contributed by atoms with Crippen molar-refractivity contribution in [1.82, 2.24) is 15.1 Å². The second-order valence-electron chi connectivity index (χ2n) is 5.79. The maximum atomic E-state index is 12.6. The van der Waals surface area contributed by atoms with E-state index in [0.717, 1.165) is 4.47 Å². The first-order chi connectivity index (χ1) is 12.4. The summed E-state index contributed by atoms with van der Waals surface area (Å²) < 4.78 is 30.5. The average molecular weight is 433 g/mol. The molecule has 1 aromatic carbocycles. The molecule has 144 valence electrons. The van der Waals surface area contributed by atoms with Gasteiger partial charge in [0.1, 0.15) is 5.75 Å². The first kappa shape index (κ1) is 20.4. The molecule has 0 bridgehead atoms. The van der Waals surface area contributed by atoms with Gasteiger partial charge in [-0.1, -0.05) is 15.9 Å². The maximum Gasteiger partial charge on any atom is 0.387 e. The van der Waals surface area contributed by atoms with Gasteiger partial charge in [-0.3, -0.25) is 4.79 Å². The van der Waals surface area contributed by atoms with Gasteiger partial charge in [0, 0.05) is 49.7 Å². The van der Waals surface area contributed by atoms with Gasteiger partial charge in [0.2, 0.25) is 5.91 Å². The van der Waals surface area contributed by atoms with Crippen molar-refractivity contribution in [3.05, 3.63) is 28.2 Å². The van der Waals surface area contributed by atoms with Crippen LogP contribution in [0.3, 0.4) is 0 Å². The van der Waals surface area contributed by atoms with E-state index in [-0.39, 0.29) is 18.2 Å². The van der Waals surface area contributed by atoms with E-state index in [1.165, 1.54) is 6.07 Å². The lowest BCUT2D eigenvalue weighted by molar-refractivity contribution is -0.130. The fourth-order valence-corrected chi connectivity index (χ4v) is 3.11. The summed E-state index contributed by atoms with van der Waals surface area (Å²) in [7, 11) is 0. The van der Waals surface area contributed by atoms with Crippen LogP contribution in [0.5, 0.6) is 5.75 Å². The van der Waals surface area contributed by atoms with Gasteiger partial charge in [0.15, 0.2) is 5.96 Å². The van der Waals surface area contributed by atoms with Gasteiger partial charge in [0.05, 0.1) is 6.54 Å². The molecule has 1 amide bonds. The van der Waals surface area contributed by atoms with Crippen LogP contribution in [0.1, 0.15) is 19.4 Å². The highest BCUT2D eigenvalue weighted by atomic mass is 79.9. The summed E-state index contributed by atoms with van der Waals surface area (Å²) in [4.78, 5) is 19.9. The molecule has 0 spiro atoms. The highest BCUT2D eigenvalue weighted by Gasteiger charge is 2.21. The third-order valence-electron chi connectivity index (χ3n) is 4.00. The molecule has 0 aliphatic carbocycles. The minimum atomic E-state index is -2.88. The number of carbonyl (C=O) groups is 1. The fraction of sp³-hybridized carbons (Fsp3) is 0.529. The Kier molecular flexibility index (Phi) is 7.62. The number of carbonyl (C=O) groups excluding carboxylic acids is 1. The molecule has 6 nitrogen and oxygen atoms in total. The Bertz CT molecular complexity index is 650. The Morgan fingerprint density at radius 1 is 1.31 bits per heavy atom. The fourth-order valence-electron chi connectivity index (χ4n) is 2.70. The van der Waals surface area contributed by atoms with Crippen molar-refractivity contribution in [1.29, 1.82) is 0 Å². The molecular weight excluding hydrogens is 410 g/mol.